The number of carbonyl (C=O) groups excluding carboxylic acids is 1. The predicted octanol–water partition coefficient (Wildman–Crippen LogP) is 2.03. The van der Waals surface area contributed by atoms with Crippen LogP contribution in [0.15, 0.2) is 41.4 Å². The number of aromatic nitrogens is 4. The fourth-order valence-electron chi connectivity index (χ4n) is 1.91. The topological polar surface area (TPSA) is 85.8 Å². The molecule has 3 heterocycles. The first-order valence-electron chi connectivity index (χ1n) is 6.31. The van der Waals surface area contributed by atoms with Crippen LogP contribution in [0.2, 0.25) is 0 Å². The van der Waals surface area contributed by atoms with Gasteiger partial charge in [-0.25, -0.2) is 4.98 Å². The molecule has 3 aromatic rings. The minimum absolute atomic E-state index is 0.213. The number of oxazole rings is 1. The first-order valence-corrected chi connectivity index (χ1v) is 6.31. The molecular weight excluding hydrogens is 270 g/mol. The van der Waals surface area contributed by atoms with Crippen LogP contribution in [0.4, 0.5) is 5.69 Å². The second kappa shape index (κ2) is 5.20. The summed E-state index contributed by atoms with van der Waals surface area (Å²) in [4.78, 5) is 20.2. The van der Waals surface area contributed by atoms with Gasteiger partial charge in [0, 0.05) is 31.2 Å². The Labute approximate surface area is 120 Å². The molecule has 21 heavy (non-hydrogen) atoms. The maximum absolute atomic E-state index is 12.1. The van der Waals surface area contributed by atoms with E-state index >= 15 is 0 Å². The number of carbonyl (C=O) groups is 1. The zero-order valence-corrected chi connectivity index (χ0v) is 11.6. The van der Waals surface area contributed by atoms with E-state index in [2.05, 4.69) is 20.4 Å². The molecule has 7 heteroatoms. The largest absolute Gasteiger partial charge is 0.444 e. The normalized spacial score (nSPS) is 10.6. The van der Waals surface area contributed by atoms with E-state index in [4.69, 9.17) is 4.42 Å². The molecule has 0 radical (unpaired) electrons. The van der Waals surface area contributed by atoms with Crippen LogP contribution >= 0.6 is 0 Å². The molecule has 0 aliphatic carbocycles. The molecule has 3 aromatic heterocycles. The lowest BCUT2D eigenvalue weighted by atomic mass is 10.3. The van der Waals surface area contributed by atoms with Gasteiger partial charge >= 0.3 is 0 Å². The molecule has 0 unspecified atom stereocenters. The molecular formula is C14H13N5O2. The van der Waals surface area contributed by atoms with Crippen molar-refractivity contribution in [3.8, 4) is 11.5 Å². The summed E-state index contributed by atoms with van der Waals surface area (Å²) in [6, 6.07) is 3.53. The molecule has 0 saturated carbocycles. The molecule has 1 N–H and O–H groups in total. The molecule has 0 aliphatic heterocycles. The highest BCUT2D eigenvalue weighted by molar-refractivity contribution is 6.03. The van der Waals surface area contributed by atoms with Crippen molar-refractivity contribution in [3.05, 3.63) is 48.4 Å². The van der Waals surface area contributed by atoms with Gasteiger partial charge < -0.3 is 9.73 Å². The minimum atomic E-state index is -0.338. The second-order valence-corrected chi connectivity index (χ2v) is 4.53. The number of nitrogens with zero attached hydrogens (tertiary/aromatic N) is 4. The van der Waals surface area contributed by atoms with E-state index in [0.29, 0.717) is 11.6 Å². The third-order valence-corrected chi connectivity index (χ3v) is 2.93. The van der Waals surface area contributed by atoms with Crippen molar-refractivity contribution < 1.29 is 9.21 Å². The Morgan fingerprint density at radius 1 is 1.33 bits per heavy atom. The van der Waals surface area contributed by atoms with E-state index < -0.39 is 0 Å². The van der Waals surface area contributed by atoms with Gasteiger partial charge in [0.15, 0.2) is 5.69 Å². The summed E-state index contributed by atoms with van der Waals surface area (Å²) in [6.45, 7) is 1.82. The Kier molecular flexibility index (Phi) is 3.23. The molecule has 3 rings (SSSR count). The van der Waals surface area contributed by atoms with Crippen molar-refractivity contribution in [2.24, 2.45) is 7.05 Å². The fraction of sp³-hybridized carbons (Fsp3) is 0.143. The first-order chi connectivity index (χ1) is 10.1. The number of aryl methyl sites for hydroxylation is 2. The van der Waals surface area contributed by atoms with E-state index in [1.54, 1.807) is 42.5 Å². The third kappa shape index (κ3) is 2.66. The number of rotatable bonds is 3. The highest BCUT2D eigenvalue weighted by Crippen LogP contribution is 2.18. The van der Waals surface area contributed by atoms with Gasteiger partial charge in [-0.15, -0.1) is 0 Å². The fourth-order valence-corrected chi connectivity index (χ4v) is 1.91. The van der Waals surface area contributed by atoms with E-state index in [-0.39, 0.29) is 11.6 Å². The Hall–Kier alpha value is -2.96. The molecule has 0 spiro atoms. The maximum Gasteiger partial charge on any atom is 0.277 e. The molecule has 0 aliphatic rings. The van der Waals surface area contributed by atoms with Crippen LogP contribution in [-0.2, 0) is 7.05 Å². The summed E-state index contributed by atoms with van der Waals surface area (Å²) >= 11 is 0. The number of nitrogens with one attached hydrogen (secondary N) is 1. The molecule has 0 bridgehead atoms. The third-order valence-electron chi connectivity index (χ3n) is 2.93. The van der Waals surface area contributed by atoms with Gasteiger partial charge in [-0.3, -0.25) is 14.5 Å². The lowest BCUT2D eigenvalue weighted by Gasteiger charge is -1.99. The van der Waals surface area contributed by atoms with Crippen LogP contribution in [-0.4, -0.2) is 25.7 Å². The first kappa shape index (κ1) is 13.0. The highest BCUT2D eigenvalue weighted by Gasteiger charge is 2.15. The Morgan fingerprint density at radius 3 is 2.76 bits per heavy atom. The molecule has 0 saturated heterocycles. The van der Waals surface area contributed by atoms with Crippen LogP contribution in [0.3, 0.4) is 0 Å². The zero-order chi connectivity index (χ0) is 14.8. The minimum Gasteiger partial charge on any atom is -0.444 e. The van der Waals surface area contributed by atoms with Crippen molar-refractivity contribution in [1.82, 2.24) is 19.7 Å². The number of hydrogen-bond donors (Lipinski definition) is 1. The van der Waals surface area contributed by atoms with Crippen LogP contribution in [0.25, 0.3) is 11.5 Å². The summed E-state index contributed by atoms with van der Waals surface area (Å²) in [6.07, 6.45) is 6.34. The van der Waals surface area contributed by atoms with Crippen LogP contribution in [0.1, 0.15) is 16.2 Å². The van der Waals surface area contributed by atoms with Gasteiger partial charge in [0.2, 0.25) is 5.89 Å². The number of anilines is 1. The molecule has 106 valence electrons. The zero-order valence-electron chi connectivity index (χ0n) is 11.6. The number of pyridine rings is 1. The van der Waals surface area contributed by atoms with E-state index in [0.717, 1.165) is 11.3 Å². The summed E-state index contributed by atoms with van der Waals surface area (Å²) in [5.41, 5.74) is 2.37. The smallest absolute Gasteiger partial charge is 0.277 e. The highest BCUT2D eigenvalue weighted by atomic mass is 16.3. The molecule has 1 amide bonds. The Morgan fingerprint density at radius 2 is 2.10 bits per heavy atom. The van der Waals surface area contributed by atoms with E-state index in [9.17, 15) is 4.79 Å². The van der Waals surface area contributed by atoms with E-state index in [1.807, 2.05) is 6.92 Å². The second-order valence-electron chi connectivity index (χ2n) is 4.53. The lowest BCUT2D eigenvalue weighted by molar-refractivity contribution is 0.102. The van der Waals surface area contributed by atoms with Gasteiger partial charge in [-0.1, -0.05) is 0 Å². The van der Waals surface area contributed by atoms with Crippen molar-refractivity contribution >= 4 is 11.6 Å². The summed E-state index contributed by atoms with van der Waals surface area (Å²) in [7, 11) is 1.79. The van der Waals surface area contributed by atoms with Gasteiger partial charge in [0.1, 0.15) is 6.26 Å². The quantitative estimate of drug-likeness (QED) is 0.794. The molecule has 0 aromatic carbocycles. The van der Waals surface area contributed by atoms with Crippen LogP contribution in [0, 0.1) is 6.92 Å². The van der Waals surface area contributed by atoms with Crippen LogP contribution in [0.5, 0.6) is 0 Å². The maximum atomic E-state index is 12.1. The van der Waals surface area contributed by atoms with Crippen LogP contribution < -0.4 is 5.32 Å². The number of hydrogen-bond acceptors (Lipinski definition) is 5. The average molecular weight is 283 g/mol. The Balaban J connectivity index is 1.80. The summed E-state index contributed by atoms with van der Waals surface area (Å²) < 4.78 is 6.96. The van der Waals surface area contributed by atoms with Gasteiger partial charge in [-0.2, -0.15) is 5.10 Å². The molecule has 0 atom stereocenters. The van der Waals surface area contributed by atoms with Gasteiger partial charge in [0.05, 0.1) is 11.4 Å². The standard InChI is InChI=1S/C14H13N5O2/c1-9-11(7-19(2)18-9)16-13(20)12-8-21-14(17-12)10-3-5-15-6-4-10/h3-8H,1-2H3,(H,16,20). The van der Waals surface area contributed by atoms with Crippen molar-refractivity contribution in [1.29, 1.82) is 0 Å². The van der Waals surface area contributed by atoms with Crippen molar-refractivity contribution in [3.63, 3.8) is 0 Å². The van der Waals surface area contributed by atoms with Crippen molar-refractivity contribution in [2.75, 3.05) is 5.32 Å². The van der Waals surface area contributed by atoms with Gasteiger partial charge in [-0.05, 0) is 19.1 Å². The van der Waals surface area contributed by atoms with E-state index in [1.165, 1.54) is 6.26 Å². The lowest BCUT2D eigenvalue weighted by Crippen LogP contribution is -2.12. The molecule has 7 nitrogen and oxygen atoms in total. The number of amides is 1. The van der Waals surface area contributed by atoms with Gasteiger partial charge in [0.25, 0.3) is 5.91 Å². The SMILES string of the molecule is Cc1nn(C)cc1NC(=O)c1coc(-c2ccncc2)n1. The summed E-state index contributed by atoms with van der Waals surface area (Å²) in [5, 5.41) is 6.92. The summed E-state index contributed by atoms with van der Waals surface area (Å²) in [5.74, 6) is 0.0422. The average Bonchev–Trinajstić information content (AvgIpc) is 3.07. The Bertz CT molecular complexity index is 776. The monoisotopic (exact) mass is 283 g/mol. The predicted molar refractivity (Wildman–Crippen MR) is 75.6 cm³/mol. The van der Waals surface area contributed by atoms with Crippen molar-refractivity contribution in [2.45, 2.75) is 6.92 Å². The molecule has 0 fully saturated rings.